The molecule has 1 aromatic carbocycles. The molecule has 4 nitrogen and oxygen atoms in total. The summed E-state index contributed by atoms with van der Waals surface area (Å²) in [5.41, 5.74) is 2.29. The zero-order chi connectivity index (χ0) is 13.0. The van der Waals surface area contributed by atoms with Gasteiger partial charge in [0.1, 0.15) is 0 Å². The summed E-state index contributed by atoms with van der Waals surface area (Å²) < 4.78 is 7.02. The molecule has 0 saturated carbocycles. The van der Waals surface area contributed by atoms with E-state index in [1.165, 1.54) is 0 Å². The third-order valence-electron chi connectivity index (χ3n) is 2.66. The Labute approximate surface area is 106 Å². The number of esters is 1. The number of benzene rings is 1. The zero-order valence-electron chi connectivity index (χ0n) is 10.2. The van der Waals surface area contributed by atoms with Crippen LogP contribution >= 0.6 is 0 Å². The molecule has 0 fully saturated rings. The van der Waals surface area contributed by atoms with Crippen LogP contribution in [0.25, 0.3) is 11.0 Å². The van der Waals surface area contributed by atoms with E-state index in [2.05, 4.69) is 10.9 Å². The number of rotatable bonds is 4. The first-order chi connectivity index (χ1) is 8.72. The van der Waals surface area contributed by atoms with Gasteiger partial charge >= 0.3 is 5.97 Å². The predicted molar refractivity (Wildman–Crippen MR) is 69.1 cm³/mol. The average molecular weight is 242 g/mol. The molecule has 18 heavy (non-hydrogen) atoms. The number of fused-ring (bicyclic) bond motifs is 1. The van der Waals surface area contributed by atoms with Crippen LogP contribution in [0, 0.1) is 12.3 Å². The Morgan fingerprint density at radius 3 is 3.17 bits per heavy atom. The van der Waals surface area contributed by atoms with E-state index >= 15 is 0 Å². The van der Waals surface area contributed by atoms with Crippen molar-refractivity contribution in [3.05, 3.63) is 30.1 Å². The van der Waals surface area contributed by atoms with Crippen LogP contribution in [0.5, 0.6) is 0 Å². The summed E-state index contributed by atoms with van der Waals surface area (Å²) in [6.07, 6.45) is 8.14. The van der Waals surface area contributed by atoms with Crippen LogP contribution in [0.15, 0.2) is 24.5 Å². The normalized spacial score (nSPS) is 10.2. The van der Waals surface area contributed by atoms with Crippen molar-refractivity contribution in [1.82, 2.24) is 9.55 Å². The molecule has 0 bridgehead atoms. The molecule has 2 aromatic rings. The van der Waals surface area contributed by atoms with Crippen molar-refractivity contribution < 1.29 is 9.53 Å². The fourth-order valence-electron chi connectivity index (χ4n) is 1.69. The number of aryl methyl sites for hydroxylation is 1. The maximum absolute atomic E-state index is 11.7. The van der Waals surface area contributed by atoms with Gasteiger partial charge in [0.25, 0.3) is 0 Å². The maximum atomic E-state index is 11.7. The average Bonchev–Trinajstić information content (AvgIpc) is 2.76. The van der Waals surface area contributed by atoms with Crippen LogP contribution in [0.1, 0.15) is 23.2 Å². The molecule has 0 N–H and O–H groups in total. The van der Waals surface area contributed by atoms with Gasteiger partial charge in [0.05, 0.1) is 29.5 Å². The van der Waals surface area contributed by atoms with Crippen LogP contribution in [-0.4, -0.2) is 22.1 Å². The molecule has 4 heteroatoms. The minimum absolute atomic E-state index is 0.334. The van der Waals surface area contributed by atoms with Gasteiger partial charge in [-0.15, -0.1) is 12.3 Å². The van der Waals surface area contributed by atoms with Crippen LogP contribution < -0.4 is 0 Å². The van der Waals surface area contributed by atoms with Gasteiger partial charge in [-0.2, -0.15) is 0 Å². The summed E-state index contributed by atoms with van der Waals surface area (Å²) in [6.45, 7) is 0.350. The van der Waals surface area contributed by atoms with E-state index in [4.69, 9.17) is 11.2 Å². The van der Waals surface area contributed by atoms with Crippen molar-refractivity contribution in [2.24, 2.45) is 7.05 Å². The second-order valence-electron chi connectivity index (χ2n) is 4.00. The van der Waals surface area contributed by atoms with E-state index in [1.807, 2.05) is 17.7 Å². The van der Waals surface area contributed by atoms with Crippen molar-refractivity contribution in [3.63, 3.8) is 0 Å². The Kier molecular flexibility index (Phi) is 3.63. The lowest BCUT2D eigenvalue weighted by molar-refractivity contribution is 0.0502. The summed E-state index contributed by atoms with van der Waals surface area (Å²) in [5.74, 6) is 2.17. The smallest absolute Gasteiger partial charge is 0.338 e. The zero-order valence-corrected chi connectivity index (χ0v) is 10.2. The number of carbonyl (C=O) groups is 1. The summed E-state index contributed by atoms with van der Waals surface area (Å²) in [6, 6.07) is 5.34. The molecule has 1 aromatic heterocycles. The highest BCUT2D eigenvalue weighted by atomic mass is 16.5. The number of carbonyl (C=O) groups excluding carboxylic acids is 1. The van der Waals surface area contributed by atoms with Crippen LogP contribution in [0.2, 0.25) is 0 Å². The molecule has 0 atom stereocenters. The fourth-order valence-corrected chi connectivity index (χ4v) is 1.69. The monoisotopic (exact) mass is 242 g/mol. The number of nitrogens with zero attached hydrogens (tertiary/aromatic N) is 2. The van der Waals surface area contributed by atoms with Crippen LogP contribution in [-0.2, 0) is 11.8 Å². The van der Waals surface area contributed by atoms with E-state index in [-0.39, 0.29) is 5.97 Å². The number of terminal acetylenes is 1. The predicted octanol–water partition coefficient (Wildman–Crippen LogP) is 2.14. The second kappa shape index (κ2) is 5.37. The van der Waals surface area contributed by atoms with Crippen molar-refractivity contribution in [2.75, 3.05) is 6.61 Å². The van der Waals surface area contributed by atoms with Crippen molar-refractivity contribution >= 4 is 17.0 Å². The summed E-state index contributed by atoms with van der Waals surface area (Å²) in [7, 11) is 1.91. The molecule has 0 saturated heterocycles. The third-order valence-corrected chi connectivity index (χ3v) is 2.66. The Morgan fingerprint density at radius 2 is 2.39 bits per heavy atom. The molecule has 0 amide bonds. The Morgan fingerprint density at radius 1 is 1.56 bits per heavy atom. The molecule has 2 rings (SSSR count). The Hall–Kier alpha value is -2.28. The number of imidazole rings is 1. The standard InChI is InChI=1S/C14H14N2O2/c1-3-4-5-8-18-14(17)11-6-7-13-12(9-11)15-10-16(13)2/h1,6-7,9-10H,4-5,8H2,2H3. The van der Waals surface area contributed by atoms with E-state index in [0.29, 0.717) is 25.0 Å². The molecular formula is C14H14N2O2. The number of ether oxygens (including phenoxy) is 1. The van der Waals surface area contributed by atoms with Gasteiger partial charge in [-0.3, -0.25) is 0 Å². The molecule has 0 aliphatic heterocycles. The van der Waals surface area contributed by atoms with Gasteiger partial charge in [-0.1, -0.05) is 0 Å². The Balaban J connectivity index is 2.06. The molecule has 0 aliphatic carbocycles. The van der Waals surface area contributed by atoms with Crippen molar-refractivity contribution in [1.29, 1.82) is 0 Å². The molecule has 0 spiro atoms. The van der Waals surface area contributed by atoms with Crippen molar-refractivity contribution in [2.45, 2.75) is 12.8 Å². The van der Waals surface area contributed by atoms with E-state index in [9.17, 15) is 4.79 Å². The first-order valence-electron chi connectivity index (χ1n) is 5.74. The highest BCUT2D eigenvalue weighted by Crippen LogP contribution is 2.14. The van der Waals surface area contributed by atoms with Gasteiger partial charge in [-0.25, -0.2) is 9.78 Å². The molecular weight excluding hydrogens is 228 g/mol. The number of hydrogen-bond donors (Lipinski definition) is 0. The van der Waals surface area contributed by atoms with E-state index in [0.717, 1.165) is 11.0 Å². The molecule has 92 valence electrons. The maximum Gasteiger partial charge on any atom is 0.338 e. The van der Waals surface area contributed by atoms with Gasteiger partial charge in [0.2, 0.25) is 0 Å². The van der Waals surface area contributed by atoms with Gasteiger partial charge in [0, 0.05) is 13.5 Å². The first-order valence-corrected chi connectivity index (χ1v) is 5.74. The summed E-state index contributed by atoms with van der Waals surface area (Å²) in [4.78, 5) is 15.9. The van der Waals surface area contributed by atoms with Gasteiger partial charge in [-0.05, 0) is 24.6 Å². The summed E-state index contributed by atoms with van der Waals surface area (Å²) >= 11 is 0. The van der Waals surface area contributed by atoms with Crippen molar-refractivity contribution in [3.8, 4) is 12.3 Å². The second-order valence-corrected chi connectivity index (χ2v) is 4.00. The van der Waals surface area contributed by atoms with Gasteiger partial charge < -0.3 is 9.30 Å². The summed E-state index contributed by atoms with van der Waals surface area (Å²) in [5, 5.41) is 0. The molecule has 0 unspecified atom stereocenters. The first kappa shape index (κ1) is 12.2. The van der Waals surface area contributed by atoms with E-state index < -0.39 is 0 Å². The third kappa shape index (κ3) is 2.51. The molecule has 0 radical (unpaired) electrons. The largest absolute Gasteiger partial charge is 0.462 e. The highest BCUT2D eigenvalue weighted by Gasteiger charge is 2.09. The Bertz CT molecular complexity index is 608. The van der Waals surface area contributed by atoms with Gasteiger partial charge in [0.15, 0.2) is 0 Å². The molecule has 0 aliphatic rings. The minimum atomic E-state index is -0.334. The lowest BCUT2D eigenvalue weighted by Crippen LogP contribution is -2.06. The van der Waals surface area contributed by atoms with Crippen LogP contribution in [0.4, 0.5) is 0 Å². The SMILES string of the molecule is C#CCCCOC(=O)c1ccc2c(c1)ncn2C. The number of aromatic nitrogens is 2. The number of hydrogen-bond acceptors (Lipinski definition) is 3. The highest BCUT2D eigenvalue weighted by molar-refractivity contribution is 5.93. The molecule has 1 heterocycles. The van der Waals surface area contributed by atoms with Crippen LogP contribution in [0.3, 0.4) is 0 Å². The lowest BCUT2D eigenvalue weighted by atomic mass is 10.2. The topological polar surface area (TPSA) is 44.1 Å². The quantitative estimate of drug-likeness (QED) is 0.469. The lowest BCUT2D eigenvalue weighted by Gasteiger charge is -2.03. The minimum Gasteiger partial charge on any atom is -0.462 e. The van der Waals surface area contributed by atoms with E-state index in [1.54, 1.807) is 18.5 Å². The fraction of sp³-hybridized carbons (Fsp3) is 0.286. The number of unbranched alkanes of at least 4 members (excludes halogenated alkanes) is 1.